The molecule has 2 aromatic carbocycles. The molecule has 0 N–H and O–H groups in total. The van der Waals surface area contributed by atoms with Crippen LogP contribution in [0.5, 0.6) is 11.5 Å². The lowest BCUT2D eigenvalue weighted by molar-refractivity contribution is -0.274. The summed E-state index contributed by atoms with van der Waals surface area (Å²) in [6.07, 6.45) is 10.2. The largest absolute Gasteiger partial charge is 0.573 e. The first-order valence-corrected chi connectivity index (χ1v) is 17.2. The molecule has 2 aromatic rings. The minimum Gasteiger partial charge on any atom is -0.432 e. The van der Waals surface area contributed by atoms with Gasteiger partial charge in [0.25, 0.3) is 0 Å². The van der Waals surface area contributed by atoms with Gasteiger partial charge in [0, 0.05) is 11.6 Å². The molecule has 0 aromatic heterocycles. The molecule has 0 atom stereocenters. The van der Waals surface area contributed by atoms with E-state index in [1.54, 1.807) is 0 Å². The lowest BCUT2D eigenvalue weighted by Crippen LogP contribution is -2.38. The molecule has 0 saturated heterocycles. The Morgan fingerprint density at radius 1 is 0.622 bits per heavy atom. The minimum absolute atomic E-state index is 0.0644. The van der Waals surface area contributed by atoms with Crippen molar-refractivity contribution >= 4 is 0 Å². The molecule has 0 spiro atoms. The van der Waals surface area contributed by atoms with Crippen LogP contribution in [0.3, 0.4) is 0 Å². The summed E-state index contributed by atoms with van der Waals surface area (Å²) in [5.41, 5.74) is 0.354. The van der Waals surface area contributed by atoms with Gasteiger partial charge in [0.15, 0.2) is 0 Å². The maximum atomic E-state index is 15.2. The van der Waals surface area contributed by atoms with Gasteiger partial charge in [0.2, 0.25) is 0 Å². The topological polar surface area (TPSA) is 18.5 Å². The highest BCUT2D eigenvalue weighted by molar-refractivity contribution is 5.65. The summed E-state index contributed by atoms with van der Waals surface area (Å²) in [5.74, 6) is 1.39. The molecule has 0 heterocycles. The highest BCUT2D eigenvalue weighted by atomic mass is 19.4. The predicted octanol–water partition coefficient (Wildman–Crippen LogP) is 12.4. The van der Waals surface area contributed by atoms with Gasteiger partial charge in [0.05, 0.1) is 5.92 Å². The van der Waals surface area contributed by atoms with Gasteiger partial charge in [-0.25, -0.2) is 4.39 Å². The zero-order chi connectivity index (χ0) is 32.0. The van der Waals surface area contributed by atoms with Crippen LogP contribution in [0.2, 0.25) is 0 Å². The first-order valence-electron chi connectivity index (χ1n) is 17.2. The van der Waals surface area contributed by atoms with E-state index in [2.05, 4.69) is 11.7 Å². The maximum Gasteiger partial charge on any atom is 0.573 e. The van der Waals surface area contributed by atoms with Crippen LogP contribution in [-0.4, -0.2) is 12.5 Å². The number of alkyl halides is 5. The molecule has 3 fully saturated rings. The summed E-state index contributed by atoms with van der Waals surface area (Å²) in [6, 6.07) is 8.18. The van der Waals surface area contributed by atoms with Crippen LogP contribution in [0.25, 0.3) is 11.1 Å². The van der Waals surface area contributed by atoms with Crippen molar-refractivity contribution in [1.29, 1.82) is 0 Å². The van der Waals surface area contributed by atoms with Crippen LogP contribution in [0.4, 0.5) is 26.3 Å². The Balaban J connectivity index is 1.06. The monoisotopic (exact) mass is 638 g/mol. The fourth-order valence-corrected chi connectivity index (χ4v) is 8.52. The van der Waals surface area contributed by atoms with Gasteiger partial charge in [-0.1, -0.05) is 57.6 Å². The summed E-state index contributed by atoms with van der Waals surface area (Å²) >= 11 is 0. The van der Waals surface area contributed by atoms with Gasteiger partial charge in [-0.15, -0.1) is 13.2 Å². The molecule has 2 nitrogen and oxygen atoms in total. The van der Waals surface area contributed by atoms with E-state index in [0.717, 1.165) is 48.8 Å². The first kappa shape index (κ1) is 34.0. The predicted molar refractivity (Wildman–Crippen MR) is 165 cm³/mol. The Hall–Kier alpha value is -2.38. The summed E-state index contributed by atoms with van der Waals surface area (Å²) < 4.78 is 91.4. The Kier molecular flexibility index (Phi) is 11.3. The SMILES string of the molecule is CCCCCC1CCC(C2CCC(C3CCC(C(F)(F)Oc4ccc(-c5ccc(OC(F)(F)F)cc5)c(F)c4)CC3)CC2)CC1. The quantitative estimate of drug-likeness (QED) is 0.180. The van der Waals surface area contributed by atoms with Crippen molar-refractivity contribution in [1.82, 2.24) is 0 Å². The van der Waals surface area contributed by atoms with Gasteiger partial charge in [-0.2, -0.15) is 8.78 Å². The second kappa shape index (κ2) is 15.0. The van der Waals surface area contributed by atoms with E-state index in [9.17, 15) is 17.6 Å². The molecule has 0 radical (unpaired) electrons. The average molecular weight is 639 g/mol. The van der Waals surface area contributed by atoms with Crippen LogP contribution in [0.1, 0.15) is 110 Å². The van der Waals surface area contributed by atoms with E-state index < -0.39 is 30.0 Å². The molecule has 0 aliphatic heterocycles. The second-order valence-electron chi connectivity index (χ2n) is 13.9. The highest BCUT2D eigenvalue weighted by Gasteiger charge is 2.45. The summed E-state index contributed by atoms with van der Waals surface area (Å²) in [4.78, 5) is 0. The smallest absolute Gasteiger partial charge is 0.432 e. The van der Waals surface area contributed by atoms with Gasteiger partial charge in [-0.3, -0.25) is 0 Å². The molecule has 0 bridgehead atoms. The van der Waals surface area contributed by atoms with Gasteiger partial charge in [0.1, 0.15) is 17.3 Å². The highest BCUT2D eigenvalue weighted by Crippen LogP contribution is 2.48. The standard InChI is InChI=1S/C37H48F6O2/c1-2-3-4-5-25-6-8-26(9-7-25)27-10-12-28(13-11-27)29-14-18-31(19-15-29)36(39,40)44-33-22-23-34(35(38)24-33)30-16-20-32(21-17-30)45-37(41,42)43/h16-17,20-29,31H,2-15,18-19H2,1H3. The van der Waals surface area contributed by atoms with E-state index in [4.69, 9.17) is 4.74 Å². The van der Waals surface area contributed by atoms with E-state index in [-0.39, 0.29) is 16.9 Å². The molecule has 3 aliphatic carbocycles. The van der Waals surface area contributed by atoms with Crippen molar-refractivity contribution in [3.05, 3.63) is 48.3 Å². The van der Waals surface area contributed by atoms with Crippen LogP contribution in [0.15, 0.2) is 42.5 Å². The molecule has 0 amide bonds. The zero-order valence-electron chi connectivity index (χ0n) is 26.4. The Morgan fingerprint density at radius 2 is 1.13 bits per heavy atom. The van der Waals surface area contributed by atoms with Crippen LogP contribution >= 0.6 is 0 Å². The third-order valence-electron chi connectivity index (χ3n) is 11.1. The third kappa shape index (κ3) is 9.34. The molecule has 0 unspecified atom stereocenters. The molecule has 3 aliphatic rings. The lowest BCUT2D eigenvalue weighted by Gasteiger charge is -2.42. The lowest BCUT2D eigenvalue weighted by atomic mass is 9.65. The van der Waals surface area contributed by atoms with Gasteiger partial charge >= 0.3 is 12.5 Å². The van der Waals surface area contributed by atoms with Crippen LogP contribution in [-0.2, 0) is 0 Å². The first-order chi connectivity index (χ1) is 21.5. The van der Waals surface area contributed by atoms with E-state index in [0.29, 0.717) is 24.7 Å². The third-order valence-corrected chi connectivity index (χ3v) is 11.1. The zero-order valence-corrected chi connectivity index (χ0v) is 26.4. The minimum atomic E-state index is -4.83. The van der Waals surface area contributed by atoms with E-state index >= 15 is 8.78 Å². The van der Waals surface area contributed by atoms with Crippen LogP contribution < -0.4 is 9.47 Å². The van der Waals surface area contributed by atoms with E-state index in [1.165, 1.54) is 101 Å². The number of rotatable bonds is 11. The summed E-state index contributed by atoms with van der Waals surface area (Å²) in [5, 5.41) is 0. The van der Waals surface area contributed by atoms with Crippen molar-refractivity contribution < 1.29 is 35.8 Å². The molecule has 5 rings (SSSR count). The molecule has 250 valence electrons. The van der Waals surface area contributed by atoms with Gasteiger partial charge in [-0.05, 0) is 124 Å². The summed E-state index contributed by atoms with van der Waals surface area (Å²) in [6.45, 7) is 2.27. The van der Waals surface area contributed by atoms with Crippen molar-refractivity contribution in [3.63, 3.8) is 0 Å². The normalized spacial score (nSPS) is 28.1. The fourth-order valence-electron chi connectivity index (χ4n) is 8.52. The van der Waals surface area contributed by atoms with Crippen LogP contribution in [0, 0.1) is 41.3 Å². The molecular formula is C37H48F6O2. The Morgan fingerprint density at radius 3 is 1.64 bits per heavy atom. The van der Waals surface area contributed by atoms with Crippen molar-refractivity contribution in [2.45, 2.75) is 122 Å². The van der Waals surface area contributed by atoms with E-state index in [1.807, 2.05) is 0 Å². The van der Waals surface area contributed by atoms with Crippen molar-refractivity contribution in [3.8, 4) is 22.6 Å². The summed E-state index contributed by atoms with van der Waals surface area (Å²) in [7, 11) is 0. The Labute approximate surface area is 264 Å². The Bertz CT molecular complexity index is 1190. The van der Waals surface area contributed by atoms with Crippen molar-refractivity contribution in [2.24, 2.45) is 35.5 Å². The number of hydrogen-bond donors (Lipinski definition) is 0. The average Bonchev–Trinajstić information content (AvgIpc) is 3.01. The number of benzene rings is 2. The van der Waals surface area contributed by atoms with Crippen molar-refractivity contribution in [2.75, 3.05) is 0 Å². The second-order valence-corrected chi connectivity index (χ2v) is 13.9. The number of hydrogen-bond acceptors (Lipinski definition) is 2. The molecule has 45 heavy (non-hydrogen) atoms. The van der Waals surface area contributed by atoms with Gasteiger partial charge < -0.3 is 9.47 Å². The maximum absolute atomic E-state index is 15.2. The number of unbranched alkanes of at least 4 members (excludes halogenated alkanes) is 2. The number of ether oxygens (including phenoxy) is 2. The molecule has 3 saturated carbocycles. The molecule has 8 heteroatoms. The number of halogens is 6. The molecular weight excluding hydrogens is 590 g/mol. The fraction of sp³-hybridized carbons (Fsp3) is 0.676.